The van der Waals surface area contributed by atoms with E-state index in [4.69, 9.17) is 14.2 Å². The van der Waals surface area contributed by atoms with Crippen molar-refractivity contribution in [2.45, 2.75) is 32.2 Å². The van der Waals surface area contributed by atoms with Crippen LogP contribution in [-0.2, 0) is 14.3 Å². The molecule has 3 heterocycles. The predicted octanol–water partition coefficient (Wildman–Crippen LogP) is 4.02. The highest BCUT2D eigenvalue weighted by Gasteiger charge is 2.42. The normalized spacial score (nSPS) is 19.4. The minimum absolute atomic E-state index is 0.0784. The smallest absolute Gasteiger partial charge is 0.338 e. The number of thioether (sulfide) groups is 1. The number of fused-ring (bicyclic) bond motifs is 1. The van der Waals surface area contributed by atoms with Crippen LogP contribution in [0.15, 0.2) is 58.2 Å². The Morgan fingerprint density at radius 3 is 2.47 bits per heavy atom. The number of allylic oxidation sites excluding steroid dienone is 1. The molecule has 8 nitrogen and oxygen atoms in total. The molecule has 1 aromatic rings. The molecule has 1 aromatic carbocycles. The number of amides is 1. The van der Waals surface area contributed by atoms with Gasteiger partial charge in [0.1, 0.15) is 18.1 Å². The number of nitrogens with zero attached hydrogens (tertiary/aromatic N) is 3. The summed E-state index contributed by atoms with van der Waals surface area (Å²) in [5, 5.41) is 2.66. The van der Waals surface area contributed by atoms with Gasteiger partial charge in [-0.3, -0.25) is 4.79 Å². The second-order valence-corrected chi connectivity index (χ2v) is 9.03. The summed E-state index contributed by atoms with van der Waals surface area (Å²) in [6, 6.07) is 4.96. The Bertz CT molecular complexity index is 1070. The van der Waals surface area contributed by atoms with Crippen LogP contribution in [0.3, 0.4) is 0 Å². The molecule has 3 aliphatic rings. The maximum absolute atomic E-state index is 13.2. The molecule has 0 spiro atoms. The number of aliphatic imine (C=N–C) groups is 1. The third kappa shape index (κ3) is 4.70. The minimum atomic E-state index is -0.554. The van der Waals surface area contributed by atoms with Gasteiger partial charge in [-0.1, -0.05) is 24.4 Å². The topological polar surface area (TPSA) is 80.7 Å². The maximum atomic E-state index is 13.2. The van der Waals surface area contributed by atoms with Crippen LogP contribution in [0.2, 0.25) is 0 Å². The van der Waals surface area contributed by atoms with Crippen molar-refractivity contribution in [1.82, 2.24) is 9.80 Å². The molecule has 1 fully saturated rings. The van der Waals surface area contributed by atoms with E-state index in [1.807, 2.05) is 27.3 Å². The molecule has 1 amide bonds. The summed E-state index contributed by atoms with van der Waals surface area (Å²) in [6.45, 7) is 7.10. The lowest BCUT2D eigenvalue weighted by molar-refractivity contribution is -0.138. The van der Waals surface area contributed by atoms with Crippen LogP contribution >= 0.6 is 11.8 Å². The fraction of sp³-hybridized carbons (Fsp3) is 0.400. The number of rotatable bonds is 8. The Morgan fingerprint density at radius 1 is 1.18 bits per heavy atom. The van der Waals surface area contributed by atoms with E-state index in [1.54, 1.807) is 27.2 Å². The monoisotopic (exact) mass is 483 g/mol. The molecule has 0 aromatic heterocycles. The average molecular weight is 484 g/mol. The average Bonchev–Trinajstić information content (AvgIpc) is 3.52. The molecule has 4 rings (SSSR count). The summed E-state index contributed by atoms with van der Waals surface area (Å²) in [6.07, 6.45) is 3.82. The number of methoxy groups -OCH3 is 2. The first-order chi connectivity index (χ1) is 16.5. The third-order valence-corrected chi connectivity index (χ3v) is 6.92. The summed E-state index contributed by atoms with van der Waals surface area (Å²) in [4.78, 5) is 34.7. The van der Waals surface area contributed by atoms with E-state index in [1.165, 1.54) is 17.8 Å². The van der Waals surface area contributed by atoms with Gasteiger partial charge in [-0.05, 0) is 42.9 Å². The molecule has 0 aliphatic carbocycles. The third-order valence-electron chi connectivity index (χ3n) is 6.03. The van der Waals surface area contributed by atoms with E-state index in [0.717, 1.165) is 37.2 Å². The summed E-state index contributed by atoms with van der Waals surface area (Å²) < 4.78 is 16.4. The Kier molecular flexibility index (Phi) is 7.31. The molecule has 1 unspecified atom stereocenters. The van der Waals surface area contributed by atoms with E-state index in [9.17, 15) is 9.59 Å². The van der Waals surface area contributed by atoms with Gasteiger partial charge in [-0.25, -0.2) is 9.79 Å². The summed E-state index contributed by atoms with van der Waals surface area (Å²) in [7, 11) is 3.16. The second kappa shape index (κ2) is 10.4. The lowest BCUT2D eigenvalue weighted by Gasteiger charge is -2.36. The van der Waals surface area contributed by atoms with Gasteiger partial charge >= 0.3 is 5.97 Å². The van der Waals surface area contributed by atoms with Gasteiger partial charge in [-0.2, -0.15) is 0 Å². The molecule has 34 heavy (non-hydrogen) atoms. The highest BCUT2D eigenvalue weighted by atomic mass is 32.2. The standard InChI is InChI=1S/C25H29N3O5S/c1-5-10-33-24(30)22-16(2)26-25-28(18(15-34-25)13-21(29)27-8-6-7-9-27)23(22)17-11-19(31-3)14-20(12-17)32-4/h5,11-12,14-15,23H,1,6-10,13H2,2-4H3. The van der Waals surface area contributed by atoms with Gasteiger partial charge < -0.3 is 24.0 Å². The van der Waals surface area contributed by atoms with Crippen molar-refractivity contribution in [3.05, 3.63) is 58.8 Å². The predicted molar refractivity (Wildman–Crippen MR) is 132 cm³/mol. The largest absolute Gasteiger partial charge is 0.497 e. The zero-order valence-corrected chi connectivity index (χ0v) is 20.5. The molecule has 180 valence electrons. The van der Waals surface area contributed by atoms with Crippen LogP contribution in [0.25, 0.3) is 0 Å². The summed E-state index contributed by atoms with van der Waals surface area (Å²) in [5.74, 6) is 0.796. The Hall–Kier alpha value is -3.20. The van der Waals surface area contributed by atoms with Crippen molar-refractivity contribution in [1.29, 1.82) is 0 Å². The van der Waals surface area contributed by atoms with E-state index in [0.29, 0.717) is 27.9 Å². The van der Waals surface area contributed by atoms with E-state index in [-0.39, 0.29) is 18.9 Å². The number of benzene rings is 1. The van der Waals surface area contributed by atoms with Crippen LogP contribution in [-0.4, -0.2) is 60.8 Å². The molecule has 9 heteroatoms. The van der Waals surface area contributed by atoms with Crippen LogP contribution in [0.5, 0.6) is 11.5 Å². The fourth-order valence-corrected chi connectivity index (χ4v) is 5.34. The number of carbonyl (C=O) groups excluding carboxylic acids is 2. The van der Waals surface area contributed by atoms with Crippen molar-refractivity contribution in [3.8, 4) is 11.5 Å². The Labute approximate surface area is 203 Å². The lowest BCUT2D eigenvalue weighted by atomic mass is 9.93. The zero-order valence-electron chi connectivity index (χ0n) is 19.7. The van der Waals surface area contributed by atoms with Crippen molar-refractivity contribution < 1.29 is 23.8 Å². The highest BCUT2D eigenvalue weighted by molar-refractivity contribution is 8.16. The van der Waals surface area contributed by atoms with E-state index in [2.05, 4.69) is 11.6 Å². The molecule has 0 N–H and O–H groups in total. The van der Waals surface area contributed by atoms with Crippen molar-refractivity contribution in [3.63, 3.8) is 0 Å². The highest BCUT2D eigenvalue weighted by Crippen LogP contribution is 2.46. The first kappa shape index (κ1) is 23.9. The SMILES string of the molecule is C=CCOC(=O)C1=C(C)N=C2SC=C(CC(=O)N3CCCC3)N2C1c1cc(OC)cc(OC)c1. The maximum Gasteiger partial charge on any atom is 0.338 e. The summed E-state index contributed by atoms with van der Waals surface area (Å²) in [5.41, 5.74) is 2.55. The van der Waals surface area contributed by atoms with E-state index >= 15 is 0 Å². The molecule has 0 bridgehead atoms. The number of likely N-dealkylation sites (tertiary alicyclic amines) is 1. The van der Waals surface area contributed by atoms with Crippen LogP contribution < -0.4 is 9.47 Å². The summed E-state index contributed by atoms with van der Waals surface area (Å²) >= 11 is 1.45. The van der Waals surface area contributed by atoms with Crippen molar-refractivity contribution in [2.24, 2.45) is 4.99 Å². The van der Waals surface area contributed by atoms with Crippen molar-refractivity contribution >= 4 is 28.8 Å². The van der Waals surface area contributed by atoms with E-state index < -0.39 is 12.0 Å². The van der Waals surface area contributed by atoms with Gasteiger partial charge in [0.2, 0.25) is 5.91 Å². The van der Waals surface area contributed by atoms with Gasteiger partial charge in [-0.15, -0.1) is 0 Å². The number of hydrogen-bond donors (Lipinski definition) is 0. The minimum Gasteiger partial charge on any atom is -0.497 e. The van der Waals surface area contributed by atoms with Gasteiger partial charge in [0, 0.05) is 24.9 Å². The van der Waals surface area contributed by atoms with Crippen LogP contribution in [0.4, 0.5) is 0 Å². The first-order valence-corrected chi connectivity index (χ1v) is 12.1. The number of esters is 1. The first-order valence-electron chi connectivity index (χ1n) is 11.2. The van der Waals surface area contributed by atoms with Gasteiger partial charge in [0.15, 0.2) is 5.17 Å². The van der Waals surface area contributed by atoms with Gasteiger partial charge in [0.25, 0.3) is 0 Å². The number of ether oxygens (including phenoxy) is 3. The number of carbonyl (C=O) groups is 2. The molecule has 0 saturated carbocycles. The van der Waals surface area contributed by atoms with Gasteiger partial charge in [0.05, 0.1) is 38.0 Å². The molecule has 0 radical (unpaired) electrons. The Morgan fingerprint density at radius 2 is 1.85 bits per heavy atom. The lowest BCUT2D eigenvalue weighted by Crippen LogP contribution is -2.38. The van der Waals surface area contributed by atoms with Crippen LogP contribution in [0.1, 0.15) is 37.8 Å². The molecular formula is C25H29N3O5S. The Balaban J connectivity index is 1.77. The van der Waals surface area contributed by atoms with Crippen LogP contribution in [0, 0.1) is 0 Å². The number of amidine groups is 1. The second-order valence-electron chi connectivity index (χ2n) is 8.19. The molecule has 1 saturated heterocycles. The number of hydrogen-bond acceptors (Lipinski definition) is 8. The van der Waals surface area contributed by atoms with Crippen molar-refractivity contribution in [2.75, 3.05) is 33.9 Å². The zero-order chi connectivity index (χ0) is 24.2. The fourth-order valence-electron chi connectivity index (χ4n) is 4.38. The quantitative estimate of drug-likeness (QED) is 0.408. The molecule has 3 aliphatic heterocycles. The molecular weight excluding hydrogens is 454 g/mol. The molecule has 1 atom stereocenters.